The van der Waals surface area contributed by atoms with Crippen LogP contribution in [-0.2, 0) is 6.42 Å². The summed E-state index contributed by atoms with van der Waals surface area (Å²) in [4.78, 5) is 17.3. The third-order valence-corrected chi connectivity index (χ3v) is 5.85. The molecular weight excluding hydrogens is 327 g/mol. The molecule has 0 saturated carbocycles. The van der Waals surface area contributed by atoms with E-state index >= 15 is 0 Å². The van der Waals surface area contributed by atoms with E-state index in [0.29, 0.717) is 12.5 Å². The lowest BCUT2D eigenvalue weighted by molar-refractivity contribution is 0.144. The highest BCUT2D eigenvalue weighted by Gasteiger charge is 2.36. The fourth-order valence-electron chi connectivity index (χ4n) is 4.30. The first kappa shape index (κ1) is 17.1. The molecule has 0 unspecified atom stereocenters. The van der Waals surface area contributed by atoms with Gasteiger partial charge in [-0.2, -0.15) is 0 Å². The minimum atomic E-state index is -0.249. The quantitative estimate of drug-likeness (QED) is 0.773. The number of amides is 2. The molecule has 0 bridgehead atoms. The van der Waals surface area contributed by atoms with Gasteiger partial charge in [0.1, 0.15) is 5.82 Å². The van der Waals surface area contributed by atoms with Gasteiger partial charge in [-0.3, -0.25) is 0 Å². The van der Waals surface area contributed by atoms with Crippen LogP contribution in [0.15, 0.2) is 48.5 Å². The Labute approximate surface area is 154 Å². The van der Waals surface area contributed by atoms with Crippen molar-refractivity contribution in [3.8, 4) is 0 Å². The summed E-state index contributed by atoms with van der Waals surface area (Å²) in [5.41, 5.74) is 3.40. The van der Waals surface area contributed by atoms with Crippen LogP contribution in [-0.4, -0.2) is 35.5 Å². The number of urea groups is 1. The Morgan fingerprint density at radius 1 is 1.12 bits per heavy atom. The molecule has 1 saturated heterocycles. The Bertz CT molecular complexity index is 789. The molecule has 3 nitrogen and oxygen atoms in total. The molecule has 2 heterocycles. The maximum absolute atomic E-state index is 13.4. The number of hydrogen-bond acceptors (Lipinski definition) is 1. The van der Waals surface area contributed by atoms with Gasteiger partial charge in [0.15, 0.2) is 0 Å². The molecule has 0 spiro atoms. The highest BCUT2D eigenvalue weighted by Crippen LogP contribution is 2.36. The lowest BCUT2D eigenvalue weighted by atomic mass is 9.88. The molecule has 4 heteroatoms. The summed E-state index contributed by atoms with van der Waals surface area (Å²) >= 11 is 0. The number of fused-ring (bicyclic) bond motifs is 1. The zero-order valence-corrected chi connectivity index (χ0v) is 15.2. The van der Waals surface area contributed by atoms with Crippen molar-refractivity contribution in [2.75, 3.05) is 19.6 Å². The van der Waals surface area contributed by atoms with E-state index in [2.05, 4.69) is 19.1 Å². The van der Waals surface area contributed by atoms with Crippen molar-refractivity contribution in [3.05, 3.63) is 71.0 Å². The highest BCUT2D eigenvalue weighted by atomic mass is 19.1. The van der Waals surface area contributed by atoms with Crippen molar-refractivity contribution in [2.24, 2.45) is 5.92 Å². The molecule has 26 heavy (non-hydrogen) atoms. The molecule has 1 fully saturated rings. The summed E-state index contributed by atoms with van der Waals surface area (Å²) in [6.07, 6.45) is 3.08. The van der Waals surface area contributed by atoms with E-state index in [0.717, 1.165) is 43.5 Å². The van der Waals surface area contributed by atoms with Crippen molar-refractivity contribution < 1.29 is 9.18 Å². The minimum Gasteiger partial charge on any atom is -0.324 e. The van der Waals surface area contributed by atoms with E-state index < -0.39 is 0 Å². The third-order valence-electron chi connectivity index (χ3n) is 5.85. The first-order valence-corrected chi connectivity index (χ1v) is 9.56. The number of carbonyl (C=O) groups excluding carboxylic acids is 1. The van der Waals surface area contributed by atoms with E-state index in [9.17, 15) is 9.18 Å². The fourth-order valence-corrected chi connectivity index (χ4v) is 4.30. The molecule has 2 aliphatic rings. The normalized spacial score (nSPS) is 22.4. The zero-order chi connectivity index (χ0) is 18.1. The van der Waals surface area contributed by atoms with Crippen molar-refractivity contribution in [1.82, 2.24) is 9.80 Å². The molecule has 136 valence electrons. The standard InChI is InChI=1S/C22H25FN2O/c1-2-16-11-13-24(15-16)22(26)25-14-12-17-5-3-4-6-20(17)21(25)18-7-9-19(23)10-8-18/h3-10,16,21H,2,11-15H2,1H3/t16-,21+/m1/s1. The number of nitrogens with zero attached hydrogens (tertiary/aromatic N) is 2. The second kappa shape index (κ2) is 7.10. The third kappa shape index (κ3) is 3.09. The number of benzene rings is 2. The average molecular weight is 352 g/mol. The molecule has 2 aromatic rings. The van der Waals surface area contributed by atoms with Gasteiger partial charge in [0, 0.05) is 19.6 Å². The SMILES string of the molecule is CC[C@@H]1CCN(C(=O)N2CCc3ccccc3[C@@H]2c2ccc(F)cc2)C1. The van der Waals surface area contributed by atoms with Gasteiger partial charge in [-0.25, -0.2) is 9.18 Å². The first-order valence-electron chi connectivity index (χ1n) is 9.56. The smallest absolute Gasteiger partial charge is 0.320 e. The monoisotopic (exact) mass is 352 g/mol. The summed E-state index contributed by atoms with van der Waals surface area (Å²) in [5, 5.41) is 0. The van der Waals surface area contributed by atoms with Crippen LogP contribution in [0.5, 0.6) is 0 Å². The van der Waals surface area contributed by atoms with E-state index in [1.807, 2.05) is 21.9 Å². The van der Waals surface area contributed by atoms with Crippen LogP contribution >= 0.6 is 0 Å². The van der Waals surface area contributed by atoms with Gasteiger partial charge < -0.3 is 9.80 Å². The van der Waals surface area contributed by atoms with Gasteiger partial charge in [0.25, 0.3) is 0 Å². The molecule has 2 atom stereocenters. The van der Waals surface area contributed by atoms with Gasteiger partial charge in [-0.05, 0) is 47.6 Å². The predicted octanol–water partition coefficient (Wildman–Crippen LogP) is 4.63. The lowest BCUT2D eigenvalue weighted by Gasteiger charge is -2.39. The topological polar surface area (TPSA) is 23.6 Å². The van der Waals surface area contributed by atoms with E-state index in [1.54, 1.807) is 12.1 Å². The summed E-state index contributed by atoms with van der Waals surface area (Å²) in [7, 11) is 0. The van der Waals surface area contributed by atoms with Gasteiger partial charge in [0.2, 0.25) is 0 Å². The van der Waals surface area contributed by atoms with Gasteiger partial charge >= 0.3 is 6.03 Å². The Kier molecular flexibility index (Phi) is 4.66. The fraction of sp³-hybridized carbons (Fsp3) is 0.409. The second-order valence-corrected chi connectivity index (χ2v) is 7.39. The van der Waals surface area contributed by atoms with E-state index in [-0.39, 0.29) is 17.9 Å². The maximum atomic E-state index is 13.4. The number of likely N-dealkylation sites (tertiary alicyclic amines) is 1. The summed E-state index contributed by atoms with van der Waals surface area (Å²) in [6, 6.07) is 14.9. The van der Waals surface area contributed by atoms with Crippen LogP contribution in [0.2, 0.25) is 0 Å². The Hall–Kier alpha value is -2.36. The summed E-state index contributed by atoms with van der Waals surface area (Å²) in [6.45, 7) is 4.58. The number of rotatable bonds is 2. The van der Waals surface area contributed by atoms with Crippen LogP contribution < -0.4 is 0 Å². The second-order valence-electron chi connectivity index (χ2n) is 7.39. The maximum Gasteiger partial charge on any atom is 0.320 e. The molecule has 0 N–H and O–H groups in total. The minimum absolute atomic E-state index is 0.116. The van der Waals surface area contributed by atoms with Gasteiger partial charge in [0.05, 0.1) is 6.04 Å². The first-order chi connectivity index (χ1) is 12.7. The molecule has 0 aliphatic carbocycles. The van der Waals surface area contributed by atoms with Crippen LogP contribution in [0.25, 0.3) is 0 Å². The number of halogens is 1. The van der Waals surface area contributed by atoms with Crippen LogP contribution in [0, 0.1) is 11.7 Å². The molecule has 0 radical (unpaired) electrons. The molecule has 0 aromatic heterocycles. The van der Waals surface area contributed by atoms with Crippen LogP contribution in [0.1, 0.15) is 42.5 Å². The molecular formula is C22H25FN2O. The Morgan fingerprint density at radius 2 is 1.88 bits per heavy atom. The van der Waals surface area contributed by atoms with E-state index in [4.69, 9.17) is 0 Å². The van der Waals surface area contributed by atoms with Crippen molar-refractivity contribution in [3.63, 3.8) is 0 Å². The van der Waals surface area contributed by atoms with Crippen LogP contribution in [0.4, 0.5) is 9.18 Å². The largest absolute Gasteiger partial charge is 0.324 e. The Morgan fingerprint density at radius 3 is 2.62 bits per heavy atom. The molecule has 2 aromatic carbocycles. The molecule has 4 rings (SSSR count). The molecule has 2 amide bonds. The van der Waals surface area contributed by atoms with Crippen LogP contribution in [0.3, 0.4) is 0 Å². The molecule has 2 aliphatic heterocycles. The summed E-state index contributed by atoms with van der Waals surface area (Å²) < 4.78 is 13.4. The van der Waals surface area contributed by atoms with Crippen molar-refractivity contribution >= 4 is 6.03 Å². The van der Waals surface area contributed by atoms with Crippen molar-refractivity contribution in [1.29, 1.82) is 0 Å². The van der Waals surface area contributed by atoms with Crippen molar-refractivity contribution in [2.45, 2.75) is 32.2 Å². The lowest BCUT2D eigenvalue weighted by Crippen LogP contribution is -2.47. The zero-order valence-electron chi connectivity index (χ0n) is 15.2. The number of hydrogen-bond donors (Lipinski definition) is 0. The number of carbonyl (C=O) groups is 1. The summed E-state index contributed by atoms with van der Waals surface area (Å²) in [5.74, 6) is 0.362. The Balaban J connectivity index is 1.69. The van der Waals surface area contributed by atoms with Gasteiger partial charge in [-0.15, -0.1) is 0 Å². The average Bonchev–Trinajstić information content (AvgIpc) is 3.16. The van der Waals surface area contributed by atoms with Gasteiger partial charge in [-0.1, -0.05) is 49.7 Å². The predicted molar refractivity (Wildman–Crippen MR) is 100 cm³/mol. The highest BCUT2D eigenvalue weighted by molar-refractivity contribution is 5.76. The van der Waals surface area contributed by atoms with E-state index in [1.165, 1.54) is 17.7 Å².